The summed E-state index contributed by atoms with van der Waals surface area (Å²) >= 11 is 6.07. The van der Waals surface area contributed by atoms with Gasteiger partial charge in [0.15, 0.2) is 0 Å². The number of rotatable bonds is 5. The van der Waals surface area contributed by atoms with Gasteiger partial charge in [0, 0.05) is 28.4 Å². The molecular formula is C24H17ClF6N2OS. The highest BCUT2D eigenvalue weighted by atomic mass is 35.5. The van der Waals surface area contributed by atoms with Gasteiger partial charge in [-0.2, -0.15) is 27.1 Å². The van der Waals surface area contributed by atoms with Gasteiger partial charge in [0.05, 0.1) is 16.8 Å². The topological polar surface area (TPSA) is 32.7 Å². The third kappa shape index (κ3) is 4.95. The van der Waals surface area contributed by atoms with Crippen molar-refractivity contribution in [3.05, 3.63) is 83.1 Å². The first-order chi connectivity index (χ1) is 16.4. The zero-order chi connectivity index (χ0) is 25.5. The van der Waals surface area contributed by atoms with Gasteiger partial charge in [-0.1, -0.05) is 48.0 Å². The van der Waals surface area contributed by atoms with Crippen LogP contribution in [0.3, 0.4) is 0 Å². The van der Waals surface area contributed by atoms with Crippen LogP contribution in [0.15, 0.2) is 76.7 Å². The first-order valence-corrected chi connectivity index (χ1v) is 12.1. The molecule has 0 aromatic heterocycles. The van der Waals surface area contributed by atoms with Crippen LogP contribution < -0.4 is 5.01 Å². The Labute approximate surface area is 204 Å². The number of alkyl halides is 5. The summed E-state index contributed by atoms with van der Waals surface area (Å²) in [7, 11) is -1.19. The molecule has 1 heterocycles. The minimum atomic E-state index is -5.83. The zero-order valence-electron chi connectivity index (χ0n) is 18.0. The molecule has 3 nitrogen and oxygen atoms in total. The fourth-order valence-corrected chi connectivity index (χ4v) is 4.58. The van der Waals surface area contributed by atoms with Crippen molar-refractivity contribution in [2.24, 2.45) is 5.10 Å². The lowest BCUT2D eigenvalue weighted by atomic mass is 9.96. The Hall–Kier alpha value is -2.85. The van der Waals surface area contributed by atoms with E-state index in [0.717, 1.165) is 28.3 Å². The third-order valence-electron chi connectivity index (χ3n) is 5.58. The van der Waals surface area contributed by atoms with Crippen LogP contribution in [0.5, 0.6) is 0 Å². The number of benzene rings is 3. The van der Waals surface area contributed by atoms with E-state index in [4.69, 9.17) is 11.6 Å². The van der Waals surface area contributed by atoms with E-state index < -0.39 is 46.9 Å². The maximum Gasteiger partial charge on any atom is 0.459 e. The van der Waals surface area contributed by atoms with Crippen molar-refractivity contribution in [1.82, 2.24) is 0 Å². The van der Waals surface area contributed by atoms with Crippen molar-refractivity contribution >= 4 is 33.8 Å². The molecule has 0 fully saturated rings. The maximum atomic E-state index is 14.2. The van der Waals surface area contributed by atoms with Crippen molar-refractivity contribution in [1.29, 1.82) is 0 Å². The smallest absolute Gasteiger partial charge is 0.256 e. The molecule has 0 bridgehead atoms. The van der Waals surface area contributed by atoms with Gasteiger partial charge in [0.25, 0.3) is 0 Å². The average molecular weight is 531 g/mol. The Morgan fingerprint density at radius 1 is 0.971 bits per heavy atom. The van der Waals surface area contributed by atoms with Crippen LogP contribution in [0.2, 0.25) is 5.02 Å². The van der Waals surface area contributed by atoms with Gasteiger partial charge in [-0.15, -0.1) is 0 Å². The van der Waals surface area contributed by atoms with Crippen molar-refractivity contribution < 1.29 is 30.6 Å². The number of hydrogen-bond acceptors (Lipinski definition) is 3. The maximum absolute atomic E-state index is 14.2. The highest BCUT2D eigenvalue weighted by Crippen LogP contribution is 2.46. The van der Waals surface area contributed by atoms with Crippen LogP contribution >= 0.6 is 11.6 Å². The van der Waals surface area contributed by atoms with Gasteiger partial charge in [-0.25, -0.2) is 4.39 Å². The SMILES string of the molecule is CS(=O)c1cccc(-c2ccc(C3CC(C(F)(F)C(F)(F)F)=NN3c3ccc(F)cc3Cl)cc2)c1. The molecule has 2 atom stereocenters. The molecule has 3 aromatic rings. The third-order valence-corrected chi connectivity index (χ3v) is 6.80. The van der Waals surface area contributed by atoms with Gasteiger partial charge >= 0.3 is 12.1 Å². The van der Waals surface area contributed by atoms with Crippen molar-refractivity contribution in [2.45, 2.75) is 29.5 Å². The van der Waals surface area contributed by atoms with Crippen LogP contribution in [0, 0.1) is 5.82 Å². The number of anilines is 1. The summed E-state index contributed by atoms with van der Waals surface area (Å²) in [6, 6.07) is 15.6. The second-order valence-electron chi connectivity index (χ2n) is 7.88. The van der Waals surface area contributed by atoms with E-state index in [1.165, 1.54) is 6.07 Å². The van der Waals surface area contributed by atoms with Gasteiger partial charge in [0.2, 0.25) is 0 Å². The molecule has 2 unspecified atom stereocenters. The number of halogens is 7. The highest BCUT2D eigenvalue weighted by Gasteiger charge is 2.62. The Kier molecular flexibility index (Phi) is 6.72. The summed E-state index contributed by atoms with van der Waals surface area (Å²) in [5.74, 6) is -5.85. The predicted molar refractivity (Wildman–Crippen MR) is 124 cm³/mol. The average Bonchev–Trinajstić information content (AvgIpc) is 3.24. The number of hydrogen-bond donors (Lipinski definition) is 0. The van der Waals surface area contributed by atoms with E-state index in [1.54, 1.807) is 54.8 Å². The summed E-state index contributed by atoms with van der Waals surface area (Å²) < 4.78 is 92.8. The second-order valence-corrected chi connectivity index (χ2v) is 9.67. The molecule has 0 radical (unpaired) electrons. The lowest BCUT2D eigenvalue weighted by Gasteiger charge is -2.25. The first-order valence-electron chi connectivity index (χ1n) is 10.2. The largest absolute Gasteiger partial charge is 0.459 e. The van der Waals surface area contributed by atoms with E-state index in [0.29, 0.717) is 10.5 Å². The Morgan fingerprint density at radius 3 is 2.26 bits per heavy atom. The van der Waals surface area contributed by atoms with Crippen LogP contribution in [-0.2, 0) is 10.8 Å². The molecule has 0 spiro atoms. The molecule has 0 aliphatic carbocycles. The molecular weight excluding hydrogens is 514 g/mol. The first kappa shape index (κ1) is 25.2. The summed E-state index contributed by atoms with van der Waals surface area (Å²) in [6.07, 6.45) is -5.00. The lowest BCUT2D eigenvalue weighted by molar-refractivity contribution is -0.249. The minimum absolute atomic E-state index is 0.00626. The summed E-state index contributed by atoms with van der Waals surface area (Å²) in [5, 5.41) is 4.38. The number of nitrogens with zero attached hydrogens (tertiary/aromatic N) is 2. The molecule has 4 rings (SSSR count). The molecule has 11 heteroatoms. The van der Waals surface area contributed by atoms with Crippen LogP contribution in [0.1, 0.15) is 18.0 Å². The number of hydrazone groups is 1. The second kappa shape index (κ2) is 9.31. The van der Waals surface area contributed by atoms with Gasteiger partial charge in [-0.05, 0) is 47.0 Å². The standard InChI is InChI=1S/C24H17ClF6N2OS/c1-35(34)18-4-2-3-16(11-18)14-5-7-15(8-6-14)21-13-22(23(27,28)24(29,30)31)32-33(21)20-10-9-17(26)12-19(20)25/h2-12,21H,13H2,1H3. The predicted octanol–water partition coefficient (Wildman–Crippen LogP) is 7.39. The van der Waals surface area contributed by atoms with Crippen molar-refractivity contribution in [3.63, 3.8) is 0 Å². The van der Waals surface area contributed by atoms with E-state index in [9.17, 15) is 30.6 Å². The van der Waals surface area contributed by atoms with Gasteiger partial charge < -0.3 is 0 Å². The lowest BCUT2D eigenvalue weighted by Crippen LogP contribution is -2.43. The van der Waals surface area contributed by atoms with Crippen molar-refractivity contribution in [2.75, 3.05) is 11.3 Å². The highest BCUT2D eigenvalue weighted by molar-refractivity contribution is 7.84. The molecule has 0 amide bonds. The van der Waals surface area contributed by atoms with E-state index in [2.05, 4.69) is 5.10 Å². The van der Waals surface area contributed by atoms with Crippen LogP contribution in [-0.4, -0.2) is 28.3 Å². The molecule has 3 aromatic carbocycles. The summed E-state index contributed by atoms with van der Waals surface area (Å²) in [4.78, 5) is 0.618. The molecule has 1 aliphatic rings. The van der Waals surface area contributed by atoms with Crippen LogP contribution in [0.4, 0.5) is 32.0 Å². The van der Waals surface area contributed by atoms with E-state index in [-0.39, 0.29) is 10.7 Å². The zero-order valence-corrected chi connectivity index (χ0v) is 19.6. The Bertz CT molecular complexity index is 1310. The van der Waals surface area contributed by atoms with Crippen LogP contribution in [0.25, 0.3) is 11.1 Å². The molecule has 1 aliphatic heterocycles. The Balaban J connectivity index is 1.73. The summed E-state index contributed by atoms with van der Waals surface area (Å²) in [5.41, 5.74) is 0.522. The van der Waals surface area contributed by atoms with Gasteiger partial charge in [-0.3, -0.25) is 9.22 Å². The fraction of sp³-hybridized carbons (Fsp3) is 0.208. The van der Waals surface area contributed by atoms with E-state index >= 15 is 0 Å². The van der Waals surface area contributed by atoms with Crippen molar-refractivity contribution in [3.8, 4) is 11.1 Å². The minimum Gasteiger partial charge on any atom is -0.256 e. The molecule has 0 saturated carbocycles. The molecule has 35 heavy (non-hydrogen) atoms. The normalized spacial score (nSPS) is 17.4. The molecule has 0 N–H and O–H groups in total. The monoisotopic (exact) mass is 530 g/mol. The van der Waals surface area contributed by atoms with E-state index in [1.807, 2.05) is 0 Å². The molecule has 184 valence electrons. The fourth-order valence-electron chi connectivity index (χ4n) is 3.76. The summed E-state index contributed by atoms with van der Waals surface area (Å²) in [6.45, 7) is 0. The molecule has 0 saturated heterocycles. The van der Waals surface area contributed by atoms with Gasteiger partial charge in [0.1, 0.15) is 11.5 Å². The quantitative estimate of drug-likeness (QED) is 0.322. The Morgan fingerprint density at radius 2 is 1.66 bits per heavy atom.